The van der Waals surface area contributed by atoms with Gasteiger partial charge >= 0.3 is 5.97 Å². The number of carbonyl (C=O) groups is 1. The number of nitrogens with zero attached hydrogens (tertiary/aromatic N) is 4. The fraction of sp³-hybridized carbons (Fsp3) is 0.591. The second-order valence-corrected chi connectivity index (χ2v) is 8.60. The summed E-state index contributed by atoms with van der Waals surface area (Å²) in [4.78, 5) is 34.1. The summed E-state index contributed by atoms with van der Waals surface area (Å²) in [6.45, 7) is 12.3. The number of aromatic carboxylic acids is 1. The van der Waals surface area contributed by atoms with Gasteiger partial charge in [-0.25, -0.2) is 9.78 Å². The van der Waals surface area contributed by atoms with E-state index in [1.807, 2.05) is 11.5 Å². The lowest BCUT2D eigenvalue weighted by molar-refractivity contribution is 0.0694. The van der Waals surface area contributed by atoms with Gasteiger partial charge in [0.05, 0.1) is 17.1 Å². The van der Waals surface area contributed by atoms with E-state index in [-0.39, 0.29) is 11.6 Å². The molecule has 1 saturated heterocycles. The van der Waals surface area contributed by atoms with Gasteiger partial charge in [-0.15, -0.1) is 0 Å². The number of hydrogen-bond acceptors (Lipinski definition) is 5. The third-order valence-electron chi connectivity index (χ3n) is 6.21. The molecule has 2 aromatic heterocycles. The standard InChI is InChI=1S/C22H31BrN4O3/c1-4-16-19-18(12-24-21(16)23)27(14-17(20(19)28)22(29)30)15-8-7-9-26(13-15)11-10-25(5-2)6-3/h12,14-15H,4-11,13H2,1-3H3,(H,29,30). The number of aryl methyl sites for hydroxylation is 1. The van der Waals surface area contributed by atoms with Gasteiger partial charge in [0, 0.05) is 31.9 Å². The van der Waals surface area contributed by atoms with Gasteiger partial charge in [0.15, 0.2) is 0 Å². The SMILES string of the molecule is CCc1c(Br)ncc2c1c(=O)c(C(=O)O)cn2C1CCCN(CCN(CC)CC)C1. The average molecular weight is 479 g/mol. The van der Waals surface area contributed by atoms with Crippen molar-refractivity contribution in [3.63, 3.8) is 0 Å². The first-order valence-corrected chi connectivity index (χ1v) is 11.6. The lowest BCUT2D eigenvalue weighted by atomic mass is 10.0. The lowest BCUT2D eigenvalue weighted by Gasteiger charge is -2.36. The van der Waals surface area contributed by atoms with Crippen molar-refractivity contribution in [1.29, 1.82) is 0 Å². The molecule has 0 spiro atoms. The molecule has 1 fully saturated rings. The third-order valence-corrected chi connectivity index (χ3v) is 6.89. The minimum Gasteiger partial charge on any atom is -0.477 e. The molecule has 8 heteroatoms. The van der Waals surface area contributed by atoms with Crippen LogP contribution in [0.5, 0.6) is 0 Å². The molecule has 0 aliphatic carbocycles. The van der Waals surface area contributed by atoms with Gasteiger partial charge in [0.2, 0.25) is 5.43 Å². The summed E-state index contributed by atoms with van der Waals surface area (Å²) in [5, 5.41) is 10.1. The number of halogens is 1. The van der Waals surface area contributed by atoms with Gasteiger partial charge < -0.3 is 19.5 Å². The Bertz CT molecular complexity index is 971. The van der Waals surface area contributed by atoms with Crippen LogP contribution in [0.2, 0.25) is 0 Å². The summed E-state index contributed by atoms with van der Waals surface area (Å²) in [5.74, 6) is -1.18. The Kier molecular flexibility index (Phi) is 7.65. The van der Waals surface area contributed by atoms with Crippen LogP contribution in [0.3, 0.4) is 0 Å². The van der Waals surface area contributed by atoms with Crippen molar-refractivity contribution in [3.05, 3.63) is 38.3 Å². The smallest absolute Gasteiger partial charge is 0.341 e. The highest BCUT2D eigenvalue weighted by molar-refractivity contribution is 9.10. The van der Waals surface area contributed by atoms with Crippen LogP contribution in [0.15, 0.2) is 21.8 Å². The number of hydrogen-bond donors (Lipinski definition) is 1. The second kappa shape index (κ2) is 10.0. The number of carboxylic acid groups (broad SMARTS) is 1. The van der Waals surface area contributed by atoms with Gasteiger partial charge in [-0.3, -0.25) is 4.79 Å². The zero-order valence-corrected chi connectivity index (χ0v) is 19.6. The maximum atomic E-state index is 13.0. The lowest BCUT2D eigenvalue weighted by Crippen LogP contribution is -2.41. The van der Waals surface area contributed by atoms with E-state index in [2.05, 4.69) is 44.6 Å². The first-order valence-electron chi connectivity index (χ1n) is 10.8. The molecular formula is C22H31BrN4O3. The molecule has 0 aromatic carbocycles. The highest BCUT2D eigenvalue weighted by Crippen LogP contribution is 2.29. The molecule has 0 bridgehead atoms. The topological polar surface area (TPSA) is 78.7 Å². The first-order chi connectivity index (χ1) is 14.4. The first kappa shape index (κ1) is 22.9. The average Bonchev–Trinajstić information content (AvgIpc) is 2.74. The van der Waals surface area contributed by atoms with Crippen LogP contribution in [0.25, 0.3) is 10.9 Å². The highest BCUT2D eigenvalue weighted by Gasteiger charge is 2.26. The van der Waals surface area contributed by atoms with Crippen molar-refractivity contribution in [2.24, 2.45) is 0 Å². The predicted octanol–water partition coefficient (Wildman–Crippen LogP) is 3.40. The van der Waals surface area contributed by atoms with Crippen molar-refractivity contribution in [2.75, 3.05) is 39.3 Å². The zero-order valence-electron chi connectivity index (χ0n) is 18.0. The molecule has 1 atom stereocenters. The quantitative estimate of drug-likeness (QED) is 0.585. The Labute approximate surface area is 185 Å². The van der Waals surface area contributed by atoms with Crippen molar-refractivity contribution < 1.29 is 9.90 Å². The molecule has 3 rings (SSSR count). The molecule has 0 amide bonds. The number of fused-ring (bicyclic) bond motifs is 1. The molecule has 3 heterocycles. The fourth-order valence-corrected chi connectivity index (χ4v) is 5.01. The number of likely N-dealkylation sites (N-methyl/N-ethyl adjacent to an activating group) is 1. The van der Waals surface area contributed by atoms with E-state index in [0.717, 1.165) is 63.2 Å². The van der Waals surface area contributed by atoms with Gasteiger partial charge in [-0.05, 0) is 60.4 Å². The molecule has 30 heavy (non-hydrogen) atoms. The monoisotopic (exact) mass is 478 g/mol. The van der Waals surface area contributed by atoms with Crippen LogP contribution in [-0.4, -0.2) is 69.7 Å². The van der Waals surface area contributed by atoms with Gasteiger partial charge in [0.1, 0.15) is 10.2 Å². The summed E-state index contributed by atoms with van der Waals surface area (Å²) in [5.41, 5.74) is 0.891. The van der Waals surface area contributed by atoms with E-state index < -0.39 is 11.4 Å². The van der Waals surface area contributed by atoms with Gasteiger partial charge in [0.25, 0.3) is 0 Å². The number of pyridine rings is 2. The van der Waals surface area contributed by atoms with E-state index in [1.165, 1.54) is 6.20 Å². The summed E-state index contributed by atoms with van der Waals surface area (Å²) in [6, 6.07) is 0.115. The number of likely N-dealkylation sites (tertiary alicyclic amines) is 1. The van der Waals surface area contributed by atoms with Crippen molar-refractivity contribution in [1.82, 2.24) is 19.4 Å². The minimum atomic E-state index is -1.18. The largest absolute Gasteiger partial charge is 0.477 e. The molecule has 1 unspecified atom stereocenters. The molecule has 1 aliphatic heterocycles. The van der Waals surface area contributed by atoms with E-state index in [1.54, 1.807) is 6.20 Å². The summed E-state index contributed by atoms with van der Waals surface area (Å²) in [7, 11) is 0. The summed E-state index contributed by atoms with van der Waals surface area (Å²) >= 11 is 3.43. The van der Waals surface area contributed by atoms with Crippen LogP contribution in [0.1, 0.15) is 55.6 Å². The fourth-order valence-electron chi connectivity index (χ4n) is 4.43. The third kappa shape index (κ3) is 4.60. The molecule has 0 radical (unpaired) electrons. The van der Waals surface area contributed by atoms with E-state index >= 15 is 0 Å². The number of aromatic nitrogens is 2. The Balaban J connectivity index is 2.01. The molecule has 164 valence electrons. The molecule has 1 aliphatic rings. The normalized spacial score (nSPS) is 17.7. The molecule has 2 aromatic rings. The molecule has 0 saturated carbocycles. The Morgan fingerprint density at radius 1 is 1.33 bits per heavy atom. The number of carboxylic acids is 1. The Hall–Kier alpha value is -1.77. The van der Waals surface area contributed by atoms with Crippen molar-refractivity contribution in [2.45, 2.75) is 46.1 Å². The number of piperidine rings is 1. The van der Waals surface area contributed by atoms with Gasteiger partial charge in [-0.2, -0.15) is 0 Å². The molecular weight excluding hydrogens is 448 g/mol. The molecule has 7 nitrogen and oxygen atoms in total. The van der Waals surface area contributed by atoms with E-state index in [9.17, 15) is 14.7 Å². The zero-order chi connectivity index (χ0) is 21.8. The van der Waals surface area contributed by atoms with Crippen LogP contribution >= 0.6 is 15.9 Å². The van der Waals surface area contributed by atoms with Crippen molar-refractivity contribution in [3.8, 4) is 0 Å². The predicted molar refractivity (Wildman–Crippen MR) is 123 cm³/mol. The van der Waals surface area contributed by atoms with Crippen LogP contribution in [0.4, 0.5) is 0 Å². The maximum Gasteiger partial charge on any atom is 0.341 e. The van der Waals surface area contributed by atoms with E-state index in [4.69, 9.17) is 0 Å². The minimum absolute atomic E-state index is 0.115. The highest BCUT2D eigenvalue weighted by atomic mass is 79.9. The summed E-state index contributed by atoms with van der Waals surface area (Å²) < 4.78 is 2.59. The van der Waals surface area contributed by atoms with Crippen molar-refractivity contribution >= 4 is 32.8 Å². The molecule has 1 N–H and O–H groups in total. The van der Waals surface area contributed by atoms with Crippen LogP contribution in [0, 0.1) is 0 Å². The van der Waals surface area contributed by atoms with Crippen LogP contribution < -0.4 is 5.43 Å². The van der Waals surface area contributed by atoms with Gasteiger partial charge in [-0.1, -0.05) is 20.8 Å². The summed E-state index contributed by atoms with van der Waals surface area (Å²) in [6.07, 6.45) is 5.82. The van der Waals surface area contributed by atoms with Crippen LogP contribution in [-0.2, 0) is 6.42 Å². The van der Waals surface area contributed by atoms with E-state index in [0.29, 0.717) is 16.4 Å². The second-order valence-electron chi connectivity index (χ2n) is 7.85. The Morgan fingerprint density at radius 2 is 2.07 bits per heavy atom. The maximum absolute atomic E-state index is 13.0. The number of rotatable bonds is 8. The Morgan fingerprint density at radius 3 is 2.70 bits per heavy atom.